The van der Waals surface area contributed by atoms with Crippen molar-refractivity contribution in [3.63, 3.8) is 0 Å². The lowest BCUT2D eigenvalue weighted by Gasteiger charge is -2.31. The summed E-state index contributed by atoms with van der Waals surface area (Å²) in [5.74, 6) is -1.38. The van der Waals surface area contributed by atoms with Gasteiger partial charge in [-0.3, -0.25) is 4.79 Å². The fourth-order valence-electron chi connectivity index (χ4n) is 2.00. The van der Waals surface area contributed by atoms with Crippen LogP contribution in [0, 0.1) is 0 Å². The molecular weight excluding hydrogens is 328 g/mol. The summed E-state index contributed by atoms with van der Waals surface area (Å²) in [6, 6.07) is 4.49. The van der Waals surface area contributed by atoms with Gasteiger partial charge >= 0.3 is 5.97 Å². The maximum atomic E-state index is 12.2. The minimum absolute atomic E-state index is 0.0905. The maximum absolute atomic E-state index is 12.2. The second-order valence-electron chi connectivity index (χ2n) is 4.76. The molecule has 0 saturated carbocycles. The lowest BCUT2D eigenvalue weighted by Crippen LogP contribution is -2.54. The van der Waals surface area contributed by atoms with Crippen LogP contribution in [0.5, 0.6) is 0 Å². The zero-order chi connectivity index (χ0) is 14.8. The van der Waals surface area contributed by atoms with E-state index in [9.17, 15) is 9.59 Å². The Morgan fingerprint density at radius 1 is 1.30 bits per heavy atom. The number of halogens is 1. The van der Waals surface area contributed by atoms with Crippen LogP contribution in [0.1, 0.15) is 23.2 Å². The molecule has 0 aromatic heterocycles. The van der Waals surface area contributed by atoms with E-state index in [0.717, 1.165) is 0 Å². The molecule has 0 unspecified atom stereocenters. The Bertz CT molecular complexity index is 541. The largest absolute Gasteiger partial charge is 0.478 e. The van der Waals surface area contributed by atoms with Gasteiger partial charge in [-0.15, -0.1) is 0 Å². The smallest absolute Gasteiger partial charge is 0.335 e. The molecule has 0 aliphatic carbocycles. The van der Waals surface area contributed by atoms with E-state index < -0.39 is 11.5 Å². The summed E-state index contributed by atoms with van der Waals surface area (Å²) in [6.45, 7) is 0.894. The first-order valence-corrected chi connectivity index (χ1v) is 6.92. The molecule has 0 radical (unpaired) electrons. The van der Waals surface area contributed by atoms with Crippen molar-refractivity contribution in [3.05, 3.63) is 28.2 Å². The molecule has 1 amide bonds. The van der Waals surface area contributed by atoms with Gasteiger partial charge in [0.25, 0.3) is 0 Å². The first-order chi connectivity index (χ1) is 9.40. The van der Waals surface area contributed by atoms with E-state index in [-0.39, 0.29) is 11.5 Å². The van der Waals surface area contributed by atoms with Crippen LogP contribution in [0.2, 0.25) is 0 Å². The van der Waals surface area contributed by atoms with Crippen LogP contribution in [0.4, 0.5) is 5.69 Å². The number of ether oxygens (including phenoxy) is 1. The number of hydrogen-bond acceptors (Lipinski definition) is 4. The minimum atomic E-state index is -1.06. The molecule has 1 aromatic carbocycles. The number of carbonyl (C=O) groups is 2. The fourth-order valence-corrected chi connectivity index (χ4v) is 2.50. The van der Waals surface area contributed by atoms with E-state index in [4.69, 9.17) is 15.6 Å². The zero-order valence-corrected chi connectivity index (χ0v) is 12.3. The van der Waals surface area contributed by atoms with Gasteiger partial charge in [-0.05, 0) is 31.0 Å². The standard InChI is InChI=1S/C13H15BrN2O4/c14-9-5-8(11(17)18)6-10(7-9)16-12(19)13(15)1-3-20-4-2-13/h5-7H,1-4,15H2,(H,16,19)(H,17,18). The quantitative estimate of drug-likeness (QED) is 0.774. The van der Waals surface area contributed by atoms with Gasteiger partial charge in [0, 0.05) is 23.4 Å². The fraction of sp³-hybridized carbons (Fsp3) is 0.385. The predicted octanol–water partition coefficient (Wildman–Crippen LogP) is 1.59. The summed E-state index contributed by atoms with van der Waals surface area (Å²) in [5, 5.41) is 11.7. The van der Waals surface area contributed by atoms with Gasteiger partial charge in [0.2, 0.25) is 5.91 Å². The zero-order valence-electron chi connectivity index (χ0n) is 10.7. The van der Waals surface area contributed by atoms with Crippen LogP contribution >= 0.6 is 15.9 Å². The molecule has 1 heterocycles. The van der Waals surface area contributed by atoms with E-state index >= 15 is 0 Å². The number of carboxylic acid groups (broad SMARTS) is 1. The third kappa shape index (κ3) is 3.36. The molecule has 0 bridgehead atoms. The van der Waals surface area contributed by atoms with Gasteiger partial charge < -0.3 is 20.9 Å². The summed E-state index contributed by atoms with van der Waals surface area (Å²) < 4.78 is 5.76. The molecule has 0 atom stereocenters. The lowest BCUT2D eigenvalue weighted by atomic mass is 9.90. The number of aromatic carboxylic acids is 1. The SMILES string of the molecule is NC1(C(=O)Nc2cc(Br)cc(C(=O)O)c2)CCOCC1. The number of carboxylic acids is 1. The second-order valence-corrected chi connectivity index (χ2v) is 5.67. The number of benzene rings is 1. The van der Waals surface area contributed by atoms with Gasteiger partial charge in [0.05, 0.1) is 5.56 Å². The number of anilines is 1. The van der Waals surface area contributed by atoms with Gasteiger partial charge in [-0.25, -0.2) is 4.79 Å². The van der Waals surface area contributed by atoms with E-state index in [1.807, 2.05) is 0 Å². The Kier molecular flexibility index (Phi) is 4.42. The number of nitrogens with one attached hydrogen (secondary N) is 1. The number of carbonyl (C=O) groups excluding carboxylic acids is 1. The van der Waals surface area contributed by atoms with Crippen LogP contribution in [0.3, 0.4) is 0 Å². The highest BCUT2D eigenvalue weighted by Gasteiger charge is 2.36. The molecule has 4 N–H and O–H groups in total. The Balaban J connectivity index is 2.17. The second kappa shape index (κ2) is 5.90. The minimum Gasteiger partial charge on any atom is -0.478 e. The van der Waals surface area contributed by atoms with Crippen molar-refractivity contribution in [2.45, 2.75) is 18.4 Å². The Morgan fingerprint density at radius 2 is 1.95 bits per heavy atom. The van der Waals surface area contributed by atoms with E-state index in [0.29, 0.717) is 36.2 Å². The van der Waals surface area contributed by atoms with Crippen LogP contribution in [0.25, 0.3) is 0 Å². The third-order valence-electron chi connectivity index (χ3n) is 3.24. The van der Waals surface area contributed by atoms with Crippen molar-refractivity contribution in [1.29, 1.82) is 0 Å². The molecule has 20 heavy (non-hydrogen) atoms. The summed E-state index contributed by atoms with van der Waals surface area (Å²) in [5.41, 5.74) is 5.59. The Morgan fingerprint density at radius 3 is 2.55 bits per heavy atom. The molecule has 1 saturated heterocycles. The molecule has 1 aromatic rings. The van der Waals surface area contributed by atoms with Crippen LogP contribution in [0.15, 0.2) is 22.7 Å². The summed E-state index contributed by atoms with van der Waals surface area (Å²) in [4.78, 5) is 23.2. The summed E-state index contributed by atoms with van der Waals surface area (Å²) >= 11 is 3.21. The van der Waals surface area contributed by atoms with Crippen molar-refractivity contribution in [2.75, 3.05) is 18.5 Å². The molecule has 7 heteroatoms. The average Bonchev–Trinajstić information content (AvgIpc) is 2.38. The van der Waals surface area contributed by atoms with Crippen molar-refractivity contribution >= 4 is 33.5 Å². The molecular formula is C13H15BrN2O4. The summed E-state index contributed by atoms with van der Waals surface area (Å²) in [7, 11) is 0. The van der Waals surface area contributed by atoms with Crippen LogP contribution in [-0.4, -0.2) is 35.7 Å². The molecule has 6 nitrogen and oxygen atoms in total. The monoisotopic (exact) mass is 342 g/mol. The number of amides is 1. The molecule has 1 aliphatic rings. The Labute approximate surface area is 124 Å². The third-order valence-corrected chi connectivity index (χ3v) is 3.70. The van der Waals surface area contributed by atoms with E-state index in [2.05, 4.69) is 21.2 Å². The predicted molar refractivity (Wildman–Crippen MR) is 76.7 cm³/mol. The first-order valence-electron chi connectivity index (χ1n) is 6.13. The van der Waals surface area contributed by atoms with Crippen molar-refractivity contribution in [3.8, 4) is 0 Å². The highest BCUT2D eigenvalue weighted by Crippen LogP contribution is 2.23. The molecule has 1 aliphatic heterocycles. The van der Waals surface area contributed by atoms with Crippen LogP contribution < -0.4 is 11.1 Å². The van der Waals surface area contributed by atoms with Gasteiger partial charge in [-0.2, -0.15) is 0 Å². The van der Waals surface area contributed by atoms with Gasteiger partial charge in [-0.1, -0.05) is 15.9 Å². The van der Waals surface area contributed by atoms with Crippen molar-refractivity contribution in [1.82, 2.24) is 0 Å². The average molecular weight is 343 g/mol. The lowest BCUT2D eigenvalue weighted by molar-refractivity contribution is -0.124. The normalized spacial score (nSPS) is 17.5. The van der Waals surface area contributed by atoms with Gasteiger partial charge in [0.1, 0.15) is 5.54 Å². The maximum Gasteiger partial charge on any atom is 0.335 e. The highest BCUT2D eigenvalue weighted by molar-refractivity contribution is 9.10. The summed E-state index contributed by atoms with van der Waals surface area (Å²) in [6.07, 6.45) is 0.886. The van der Waals surface area contributed by atoms with Gasteiger partial charge in [0.15, 0.2) is 0 Å². The molecule has 2 rings (SSSR count). The number of hydrogen-bond donors (Lipinski definition) is 3. The number of rotatable bonds is 3. The van der Waals surface area contributed by atoms with Crippen molar-refractivity contribution in [2.24, 2.45) is 5.73 Å². The highest BCUT2D eigenvalue weighted by atomic mass is 79.9. The Hall–Kier alpha value is -1.44. The molecule has 1 fully saturated rings. The number of nitrogens with two attached hydrogens (primary N) is 1. The van der Waals surface area contributed by atoms with E-state index in [1.54, 1.807) is 6.07 Å². The molecule has 0 spiro atoms. The topological polar surface area (TPSA) is 102 Å². The van der Waals surface area contributed by atoms with E-state index in [1.165, 1.54) is 12.1 Å². The first kappa shape index (κ1) is 15.0. The van der Waals surface area contributed by atoms with Crippen LogP contribution in [-0.2, 0) is 9.53 Å². The van der Waals surface area contributed by atoms with Crippen molar-refractivity contribution < 1.29 is 19.4 Å². The molecule has 108 valence electrons.